The van der Waals surface area contributed by atoms with Crippen molar-refractivity contribution in [1.29, 1.82) is 0 Å². The van der Waals surface area contributed by atoms with Gasteiger partial charge in [-0.2, -0.15) is 0 Å². The van der Waals surface area contributed by atoms with Crippen LogP contribution in [0.3, 0.4) is 0 Å². The van der Waals surface area contributed by atoms with Crippen molar-refractivity contribution in [1.82, 2.24) is 5.32 Å². The molecule has 1 aromatic rings. The Bertz CT molecular complexity index is 406. The third-order valence-electron chi connectivity index (χ3n) is 3.62. The van der Waals surface area contributed by atoms with E-state index >= 15 is 0 Å². The average molecular weight is 266 g/mol. The summed E-state index contributed by atoms with van der Waals surface area (Å²) in [5, 5.41) is 23.8. The lowest BCUT2D eigenvalue weighted by molar-refractivity contribution is -0.384. The number of nitro groups is 1. The molecule has 0 saturated carbocycles. The molecule has 0 amide bonds. The molecule has 0 bridgehead atoms. The van der Waals surface area contributed by atoms with Crippen LogP contribution in [0.25, 0.3) is 0 Å². The molecular formula is C14H22N2O3. The van der Waals surface area contributed by atoms with Crippen LogP contribution in [-0.2, 0) is 0 Å². The van der Waals surface area contributed by atoms with Crippen LogP contribution in [0.1, 0.15) is 38.9 Å². The molecule has 2 N–H and O–H groups in total. The summed E-state index contributed by atoms with van der Waals surface area (Å²) in [5.41, 5.74) is 0.728. The highest BCUT2D eigenvalue weighted by molar-refractivity contribution is 5.33. The van der Waals surface area contributed by atoms with Crippen molar-refractivity contribution < 1.29 is 10.0 Å². The van der Waals surface area contributed by atoms with Crippen molar-refractivity contribution in [2.45, 2.75) is 39.3 Å². The lowest BCUT2D eigenvalue weighted by Crippen LogP contribution is -2.34. The summed E-state index contributed by atoms with van der Waals surface area (Å²) in [6.45, 7) is 6.84. The third kappa shape index (κ3) is 4.61. The van der Waals surface area contributed by atoms with E-state index in [0.29, 0.717) is 24.1 Å². The van der Waals surface area contributed by atoms with Crippen LogP contribution in [0.4, 0.5) is 5.69 Å². The first-order chi connectivity index (χ1) is 8.95. The summed E-state index contributed by atoms with van der Waals surface area (Å²) in [4.78, 5) is 10.1. The summed E-state index contributed by atoms with van der Waals surface area (Å²) in [7, 11) is 0. The average Bonchev–Trinajstić information content (AvgIpc) is 2.43. The fraction of sp³-hybridized carbons (Fsp3) is 0.571. The number of nitrogens with one attached hydrogen (secondary N) is 1. The third-order valence-corrected chi connectivity index (χ3v) is 3.62. The molecule has 0 heterocycles. The number of nitrogens with zero attached hydrogens (tertiary/aromatic N) is 1. The molecular weight excluding hydrogens is 244 g/mol. The van der Waals surface area contributed by atoms with Crippen LogP contribution in [0.15, 0.2) is 24.3 Å². The Kier molecular flexibility index (Phi) is 5.92. The van der Waals surface area contributed by atoms with Gasteiger partial charge in [-0.3, -0.25) is 10.1 Å². The van der Waals surface area contributed by atoms with Gasteiger partial charge in [0.2, 0.25) is 0 Å². The van der Waals surface area contributed by atoms with Crippen LogP contribution in [0.5, 0.6) is 0 Å². The number of benzene rings is 1. The number of nitro benzene ring substituents is 1. The number of hydrogen-bond acceptors (Lipinski definition) is 4. The molecule has 19 heavy (non-hydrogen) atoms. The summed E-state index contributed by atoms with van der Waals surface area (Å²) in [6, 6.07) is 6.35. The summed E-state index contributed by atoms with van der Waals surface area (Å²) < 4.78 is 0. The van der Waals surface area contributed by atoms with E-state index in [9.17, 15) is 15.2 Å². The number of non-ortho nitro benzene ring substituents is 1. The zero-order valence-electron chi connectivity index (χ0n) is 11.7. The Hall–Kier alpha value is -1.46. The molecule has 0 spiro atoms. The lowest BCUT2D eigenvalue weighted by atomic mass is 10.0. The van der Waals surface area contributed by atoms with Crippen molar-refractivity contribution in [3.05, 3.63) is 39.9 Å². The first-order valence-corrected chi connectivity index (χ1v) is 6.61. The van der Waals surface area contributed by atoms with Crippen LogP contribution >= 0.6 is 0 Å². The summed E-state index contributed by atoms with van der Waals surface area (Å²) >= 11 is 0. The van der Waals surface area contributed by atoms with E-state index in [1.807, 2.05) is 0 Å². The second-order valence-corrected chi connectivity index (χ2v) is 4.95. The van der Waals surface area contributed by atoms with Crippen molar-refractivity contribution in [3.63, 3.8) is 0 Å². The highest BCUT2D eigenvalue weighted by Gasteiger charge is 2.14. The van der Waals surface area contributed by atoms with E-state index in [0.717, 1.165) is 6.42 Å². The summed E-state index contributed by atoms with van der Waals surface area (Å²) in [6.07, 6.45) is 0.439. The maximum atomic E-state index is 10.5. The van der Waals surface area contributed by atoms with Gasteiger partial charge < -0.3 is 10.4 Å². The lowest BCUT2D eigenvalue weighted by Gasteiger charge is -2.22. The second kappa shape index (κ2) is 7.21. The Morgan fingerprint density at radius 2 is 1.89 bits per heavy atom. The molecule has 0 radical (unpaired) electrons. The van der Waals surface area contributed by atoms with Crippen molar-refractivity contribution in [2.24, 2.45) is 5.92 Å². The number of aliphatic hydroxyl groups excluding tert-OH is 1. The monoisotopic (exact) mass is 266 g/mol. The SMILES string of the molecule is CCC(C)C(C)NCC(O)c1ccc([N+](=O)[O-])cc1. The van der Waals surface area contributed by atoms with Gasteiger partial charge in [-0.15, -0.1) is 0 Å². The van der Waals surface area contributed by atoms with Gasteiger partial charge in [0, 0.05) is 24.7 Å². The minimum absolute atomic E-state index is 0.0388. The normalized spacial score (nSPS) is 15.8. The van der Waals surface area contributed by atoms with Gasteiger partial charge in [-0.05, 0) is 30.5 Å². The molecule has 5 heteroatoms. The van der Waals surface area contributed by atoms with E-state index in [4.69, 9.17) is 0 Å². The van der Waals surface area contributed by atoms with Gasteiger partial charge in [-0.1, -0.05) is 20.3 Å². The van der Waals surface area contributed by atoms with Crippen LogP contribution in [0.2, 0.25) is 0 Å². The molecule has 3 atom stereocenters. The van der Waals surface area contributed by atoms with Crippen molar-refractivity contribution in [3.8, 4) is 0 Å². The van der Waals surface area contributed by atoms with Gasteiger partial charge >= 0.3 is 0 Å². The molecule has 0 aromatic heterocycles. The molecule has 1 aromatic carbocycles. The van der Waals surface area contributed by atoms with Gasteiger partial charge in [0.05, 0.1) is 11.0 Å². The predicted octanol–water partition coefficient (Wildman–Crippen LogP) is 2.65. The van der Waals surface area contributed by atoms with Gasteiger partial charge in [0.1, 0.15) is 0 Å². The molecule has 0 fully saturated rings. The van der Waals surface area contributed by atoms with E-state index in [1.54, 1.807) is 12.1 Å². The Morgan fingerprint density at radius 3 is 2.37 bits per heavy atom. The number of hydrogen-bond donors (Lipinski definition) is 2. The summed E-state index contributed by atoms with van der Waals surface area (Å²) in [5.74, 6) is 0.545. The molecule has 106 valence electrons. The van der Waals surface area contributed by atoms with Gasteiger partial charge in [-0.25, -0.2) is 0 Å². The zero-order valence-corrected chi connectivity index (χ0v) is 11.7. The molecule has 0 aliphatic heterocycles. The molecule has 0 saturated heterocycles. The minimum Gasteiger partial charge on any atom is -0.387 e. The van der Waals surface area contributed by atoms with E-state index in [1.165, 1.54) is 12.1 Å². The fourth-order valence-electron chi connectivity index (χ4n) is 1.79. The molecule has 0 aliphatic carbocycles. The quantitative estimate of drug-likeness (QED) is 0.587. The van der Waals surface area contributed by atoms with E-state index in [2.05, 4.69) is 26.1 Å². The van der Waals surface area contributed by atoms with Crippen LogP contribution in [0, 0.1) is 16.0 Å². The van der Waals surface area contributed by atoms with Crippen molar-refractivity contribution in [2.75, 3.05) is 6.54 Å². The zero-order chi connectivity index (χ0) is 14.4. The highest BCUT2D eigenvalue weighted by Crippen LogP contribution is 2.17. The van der Waals surface area contributed by atoms with Crippen LogP contribution in [-0.4, -0.2) is 22.6 Å². The van der Waals surface area contributed by atoms with E-state index < -0.39 is 11.0 Å². The first kappa shape index (κ1) is 15.6. The molecule has 3 unspecified atom stereocenters. The van der Waals surface area contributed by atoms with Gasteiger partial charge in [0.25, 0.3) is 5.69 Å². The minimum atomic E-state index is -0.646. The molecule has 5 nitrogen and oxygen atoms in total. The van der Waals surface area contributed by atoms with E-state index in [-0.39, 0.29) is 5.69 Å². The Morgan fingerprint density at radius 1 is 1.32 bits per heavy atom. The first-order valence-electron chi connectivity index (χ1n) is 6.61. The smallest absolute Gasteiger partial charge is 0.269 e. The largest absolute Gasteiger partial charge is 0.387 e. The maximum absolute atomic E-state index is 10.5. The predicted molar refractivity (Wildman–Crippen MR) is 75.0 cm³/mol. The highest BCUT2D eigenvalue weighted by atomic mass is 16.6. The van der Waals surface area contributed by atoms with Crippen LogP contribution < -0.4 is 5.32 Å². The molecule has 0 aliphatic rings. The number of rotatable bonds is 7. The second-order valence-electron chi connectivity index (χ2n) is 4.95. The topological polar surface area (TPSA) is 75.4 Å². The Labute approximate surface area is 113 Å². The standard InChI is InChI=1S/C14H22N2O3/c1-4-10(2)11(3)15-9-14(17)12-5-7-13(8-6-12)16(18)19/h5-8,10-11,14-15,17H,4,9H2,1-3H3. The maximum Gasteiger partial charge on any atom is 0.269 e. The fourth-order valence-corrected chi connectivity index (χ4v) is 1.79. The number of aliphatic hydroxyl groups is 1. The Balaban J connectivity index is 2.53. The van der Waals surface area contributed by atoms with Gasteiger partial charge in [0.15, 0.2) is 0 Å². The van der Waals surface area contributed by atoms with Crippen molar-refractivity contribution >= 4 is 5.69 Å². The molecule has 1 rings (SSSR count).